The minimum Gasteiger partial charge on any atom is -0.349 e. The first-order chi connectivity index (χ1) is 12.6. The van der Waals surface area contributed by atoms with E-state index in [1.807, 2.05) is 13.8 Å². The van der Waals surface area contributed by atoms with Crippen LogP contribution in [0.2, 0.25) is 0 Å². The molecule has 0 unspecified atom stereocenters. The summed E-state index contributed by atoms with van der Waals surface area (Å²) in [5, 5.41) is 2.99. The van der Waals surface area contributed by atoms with Gasteiger partial charge in [-0.3, -0.25) is 9.98 Å². The van der Waals surface area contributed by atoms with Gasteiger partial charge in [0.2, 0.25) is 0 Å². The highest BCUT2D eigenvalue weighted by Gasteiger charge is 2.32. The second-order valence-electron chi connectivity index (χ2n) is 5.99. The van der Waals surface area contributed by atoms with E-state index >= 15 is 0 Å². The molecule has 146 valence electrons. The highest BCUT2D eigenvalue weighted by atomic mass is 19.4. The van der Waals surface area contributed by atoms with Crippen LogP contribution in [-0.2, 0) is 0 Å². The van der Waals surface area contributed by atoms with Crippen LogP contribution in [0.25, 0.3) is 5.57 Å². The summed E-state index contributed by atoms with van der Waals surface area (Å²) in [6.45, 7) is 14.7. The van der Waals surface area contributed by atoms with Crippen molar-refractivity contribution in [2.45, 2.75) is 40.3 Å². The fourth-order valence-electron chi connectivity index (χ4n) is 2.10. The molecule has 0 spiro atoms. The quantitative estimate of drug-likeness (QED) is 0.373. The zero-order valence-corrected chi connectivity index (χ0v) is 16.1. The van der Waals surface area contributed by atoms with Crippen LogP contribution in [-0.4, -0.2) is 31.0 Å². The second kappa shape index (κ2) is 9.85. The standard InChI is InChI=1S/C20H25F3N4/c1-7-10-25-16(5)26-12-19(24-6)14(3)17-9-8-13(2)11-18(17)27-15(4)20(21,22)23/h8-9,11-12H,3,6-7,10H2,1-2,4-5H3,(H,25,26)/b19-12-,27-15?. The number of nitrogens with one attached hydrogen (secondary N) is 1. The first-order valence-electron chi connectivity index (χ1n) is 8.47. The number of aliphatic imine (C=N–C) groups is 3. The molecule has 0 amide bonds. The Morgan fingerprint density at radius 1 is 1.26 bits per heavy atom. The molecule has 0 aliphatic heterocycles. The SMILES string of the molecule is C=N/C(=C\NC(C)=NCCC)C(=C)c1ccc(C)cc1N=C(C)C(F)(F)F. The molecular weight excluding hydrogens is 353 g/mol. The molecule has 1 N–H and O–H groups in total. The number of halogens is 3. The van der Waals surface area contributed by atoms with Crippen LogP contribution in [0.3, 0.4) is 0 Å². The van der Waals surface area contributed by atoms with Gasteiger partial charge in [0.25, 0.3) is 0 Å². The molecular formula is C20H25F3N4. The van der Waals surface area contributed by atoms with E-state index in [0.717, 1.165) is 18.9 Å². The summed E-state index contributed by atoms with van der Waals surface area (Å²) in [4.78, 5) is 12.0. The van der Waals surface area contributed by atoms with Crippen molar-refractivity contribution in [2.24, 2.45) is 15.0 Å². The Morgan fingerprint density at radius 2 is 1.93 bits per heavy atom. The molecule has 0 saturated carbocycles. The summed E-state index contributed by atoms with van der Waals surface area (Å²) in [7, 11) is 0. The van der Waals surface area contributed by atoms with E-state index in [1.165, 1.54) is 0 Å². The lowest BCUT2D eigenvalue weighted by molar-refractivity contribution is -0.0591. The molecule has 0 aliphatic rings. The van der Waals surface area contributed by atoms with E-state index in [2.05, 4.69) is 33.6 Å². The van der Waals surface area contributed by atoms with Gasteiger partial charge in [0.1, 0.15) is 5.71 Å². The van der Waals surface area contributed by atoms with Gasteiger partial charge in [0.05, 0.1) is 17.2 Å². The zero-order valence-electron chi connectivity index (χ0n) is 16.1. The lowest BCUT2D eigenvalue weighted by atomic mass is 10.0. The molecule has 0 aliphatic carbocycles. The fourth-order valence-corrected chi connectivity index (χ4v) is 2.10. The molecule has 0 heterocycles. The molecule has 1 aromatic carbocycles. The summed E-state index contributed by atoms with van der Waals surface area (Å²) >= 11 is 0. The molecule has 7 heteroatoms. The van der Waals surface area contributed by atoms with E-state index in [1.54, 1.807) is 31.3 Å². The van der Waals surface area contributed by atoms with Crippen LogP contribution in [0.15, 0.2) is 51.7 Å². The second-order valence-corrected chi connectivity index (χ2v) is 5.99. The van der Waals surface area contributed by atoms with Crippen molar-refractivity contribution in [3.63, 3.8) is 0 Å². The summed E-state index contributed by atoms with van der Waals surface area (Å²) in [6, 6.07) is 5.04. The summed E-state index contributed by atoms with van der Waals surface area (Å²) in [5.74, 6) is 0.695. The van der Waals surface area contributed by atoms with Gasteiger partial charge in [0.15, 0.2) is 0 Å². The summed E-state index contributed by atoms with van der Waals surface area (Å²) in [6.07, 6.45) is -1.99. The van der Waals surface area contributed by atoms with Crippen LogP contribution in [0.5, 0.6) is 0 Å². The predicted molar refractivity (Wildman–Crippen MR) is 108 cm³/mol. The van der Waals surface area contributed by atoms with Crippen molar-refractivity contribution in [1.29, 1.82) is 0 Å². The third-order valence-corrected chi connectivity index (χ3v) is 3.65. The van der Waals surface area contributed by atoms with Gasteiger partial charge >= 0.3 is 6.18 Å². The van der Waals surface area contributed by atoms with E-state index < -0.39 is 11.9 Å². The van der Waals surface area contributed by atoms with Crippen molar-refractivity contribution in [3.8, 4) is 0 Å². The Bertz CT molecular complexity index is 787. The number of hydrogen-bond acceptors (Lipinski definition) is 3. The first kappa shape index (κ1) is 22.3. The van der Waals surface area contributed by atoms with Crippen molar-refractivity contribution in [1.82, 2.24) is 5.32 Å². The van der Waals surface area contributed by atoms with Crippen LogP contribution >= 0.6 is 0 Å². The van der Waals surface area contributed by atoms with Crippen LogP contribution in [0.4, 0.5) is 18.9 Å². The highest BCUT2D eigenvalue weighted by Crippen LogP contribution is 2.32. The topological polar surface area (TPSA) is 49.1 Å². The van der Waals surface area contributed by atoms with Crippen molar-refractivity contribution in [2.75, 3.05) is 6.54 Å². The molecule has 0 radical (unpaired) electrons. The molecule has 1 aromatic rings. The molecule has 1 rings (SSSR count). The number of nitrogens with zero attached hydrogens (tertiary/aromatic N) is 3. The minimum atomic E-state index is -4.49. The number of benzene rings is 1. The highest BCUT2D eigenvalue weighted by molar-refractivity contribution is 5.92. The van der Waals surface area contributed by atoms with Gasteiger partial charge in [-0.25, -0.2) is 4.99 Å². The number of rotatable bonds is 7. The maximum Gasteiger partial charge on any atom is 0.429 e. The van der Waals surface area contributed by atoms with E-state index in [0.29, 0.717) is 29.2 Å². The molecule has 0 aromatic heterocycles. The number of hydrogen-bond donors (Lipinski definition) is 1. The van der Waals surface area contributed by atoms with Gasteiger partial charge < -0.3 is 5.32 Å². The zero-order chi connectivity index (χ0) is 20.6. The van der Waals surface area contributed by atoms with Crippen LogP contribution < -0.4 is 5.32 Å². The number of aryl methyl sites for hydroxylation is 1. The average molecular weight is 378 g/mol. The summed E-state index contributed by atoms with van der Waals surface area (Å²) in [5.41, 5.74) is 1.30. The normalized spacial score (nSPS) is 13.5. The third kappa shape index (κ3) is 6.84. The van der Waals surface area contributed by atoms with Crippen molar-refractivity contribution in [3.05, 3.63) is 47.8 Å². The molecule has 4 nitrogen and oxygen atoms in total. The van der Waals surface area contributed by atoms with Crippen LogP contribution in [0, 0.1) is 6.92 Å². The number of alkyl halides is 3. The Kier molecular flexibility index (Phi) is 8.15. The Labute approximate surface area is 158 Å². The number of amidine groups is 1. The number of allylic oxidation sites excluding steroid dienone is 1. The molecule has 0 atom stereocenters. The van der Waals surface area contributed by atoms with Gasteiger partial charge in [-0.2, -0.15) is 13.2 Å². The lowest BCUT2D eigenvalue weighted by Gasteiger charge is -2.13. The Morgan fingerprint density at radius 3 is 2.48 bits per heavy atom. The van der Waals surface area contributed by atoms with E-state index in [9.17, 15) is 13.2 Å². The lowest BCUT2D eigenvalue weighted by Crippen LogP contribution is -2.19. The van der Waals surface area contributed by atoms with Crippen molar-refractivity contribution < 1.29 is 13.2 Å². The van der Waals surface area contributed by atoms with Gasteiger partial charge in [0, 0.05) is 23.9 Å². The van der Waals surface area contributed by atoms with E-state index in [-0.39, 0.29) is 5.69 Å². The Hall–Kier alpha value is -2.70. The molecule has 0 fully saturated rings. The fraction of sp³-hybridized carbons (Fsp3) is 0.350. The predicted octanol–water partition coefficient (Wildman–Crippen LogP) is 5.62. The monoisotopic (exact) mass is 378 g/mol. The third-order valence-electron chi connectivity index (χ3n) is 3.65. The molecule has 0 bridgehead atoms. The largest absolute Gasteiger partial charge is 0.429 e. The maximum absolute atomic E-state index is 12.9. The van der Waals surface area contributed by atoms with Gasteiger partial charge in [-0.05, 0) is 45.5 Å². The minimum absolute atomic E-state index is 0.181. The van der Waals surface area contributed by atoms with Crippen molar-refractivity contribution >= 4 is 29.5 Å². The van der Waals surface area contributed by atoms with Gasteiger partial charge in [-0.1, -0.05) is 25.6 Å². The maximum atomic E-state index is 12.9. The van der Waals surface area contributed by atoms with Crippen LogP contribution in [0.1, 0.15) is 38.3 Å². The summed E-state index contributed by atoms with van der Waals surface area (Å²) < 4.78 is 38.7. The first-order valence-corrected chi connectivity index (χ1v) is 8.47. The average Bonchev–Trinajstić information content (AvgIpc) is 2.59. The smallest absolute Gasteiger partial charge is 0.349 e. The molecule has 27 heavy (non-hydrogen) atoms. The molecule has 0 saturated heterocycles. The van der Waals surface area contributed by atoms with E-state index in [4.69, 9.17) is 0 Å². The van der Waals surface area contributed by atoms with Gasteiger partial charge in [-0.15, -0.1) is 0 Å². The Balaban J connectivity index is 3.27.